The predicted octanol–water partition coefficient (Wildman–Crippen LogP) is 1.88. The van der Waals surface area contributed by atoms with Crippen molar-refractivity contribution in [1.82, 2.24) is 9.88 Å². The van der Waals surface area contributed by atoms with Gasteiger partial charge in [0.15, 0.2) is 0 Å². The molecule has 6 heteroatoms. The molecule has 0 fully saturated rings. The van der Waals surface area contributed by atoms with Gasteiger partial charge in [-0.25, -0.2) is 0 Å². The van der Waals surface area contributed by atoms with Crippen LogP contribution < -0.4 is 5.32 Å². The lowest BCUT2D eigenvalue weighted by Gasteiger charge is -2.10. The van der Waals surface area contributed by atoms with Crippen LogP contribution in [0.5, 0.6) is 0 Å². The largest absolute Gasteiger partial charge is 0.480 e. The van der Waals surface area contributed by atoms with Crippen LogP contribution in [0.25, 0.3) is 10.9 Å². The summed E-state index contributed by atoms with van der Waals surface area (Å²) in [5, 5.41) is 12.7. The maximum atomic E-state index is 11.7. The van der Waals surface area contributed by atoms with E-state index in [0.717, 1.165) is 10.9 Å². The van der Waals surface area contributed by atoms with Crippen LogP contribution in [0.4, 0.5) is 0 Å². The molecule has 100 valence electrons. The molecule has 0 bridgehead atoms. The van der Waals surface area contributed by atoms with Crippen LogP contribution in [0.3, 0.4) is 0 Å². The Balaban J connectivity index is 2.13. The smallest absolute Gasteiger partial charge is 0.325 e. The minimum absolute atomic E-state index is 0.0722. The van der Waals surface area contributed by atoms with Crippen molar-refractivity contribution in [3.63, 3.8) is 0 Å². The van der Waals surface area contributed by atoms with Gasteiger partial charge in [0.1, 0.15) is 12.6 Å². The fourth-order valence-electron chi connectivity index (χ4n) is 1.81. The lowest BCUT2D eigenvalue weighted by Crippen LogP contribution is -2.39. The molecule has 1 amide bonds. The highest BCUT2D eigenvalue weighted by molar-refractivity contribution is 6.31. The third kappa shape index (κ3) is 3.06. The Kier molecular flexibility index (Phi) is 3.76. The van der Waals surface area contributed by atoms with Crippen LogP contribution in [0.2, 0.25) is 5.02 Å². The van der Waals surface area contributed by atoms with E-state index in [4.69, 9.17) is 16.7 Å². The second-order valence-electron chi connectivity index (χ2n) is 4.27. The molecule has 0 spiro atoms. The van der Waals surface area contributed by atoms with E-state index in [1.165, 1.54) is 6.92 Å². The number of carbonyl (C=O) groups excluding carboxylic acids is 1. The van der Waals surface area contributed by atoms with Crippen LogP contribution in [-0.4, -0.2) is 27.6 Å². The van der Waals surface area contributed by atoms with Crippen LogP contribution >= 0.6 is 11.6 Å². The van der Waals surface area contributed by atoms with Gasteiger partial charge in [-0.3, -0.25) is 9.59 Å². The Labute approximate surface area is 114 Å². The van der Waals surface area contributed by atoms with E-state index in [1.54, 1.807) is 16.8 Å². The maximum absolute atomic E-state index is 11.7. The van der Waals surface area contributed by atoms with E-state index < -0.39 is 12.0 Å². The second kappa shape index (κ2) is 5.32. The lowest BCUT2D eigenvalue weighted by atomic mass is 10.2. The number of amides is 1. The van der Waals surface area contributed by atoms with Crippen molar-refractivity contribution < 1.29 is 14.7 Å². The third-order valence-corrected chi connectivity index (χ3v) is 3.03. The zero-order valence-corrected chi connectivity index (χ0v) is 11.0. The molecule has 0 saturated carbocycles. The number of halogens is 1. The summed E-state index contributed by atoms with van der Waals surface area (Å²) in [6, 6.07) is 6.34. The summed E-state index contributed by atoms with van der Waals surface area (Å²) in [5.74, 6) is -1.40. The van der Waals surface area contributed by atoms with E-state index in [1.807, 2.05) is 18.2 Å². The molecule has 0 unspecified atom stereocenters. The quantitative estimate of drug-likeness (QED) is 0.898. The average molecular weight is 281 g/mol. The van der Waals surface area contributed by atoms with Gasteiger partial charge in [0.25, 0.3) is 0 Å². The average Bonchev–Trinajstić information content (AvgIpc) is 2.71. The summed E-state index contributed by atoms with van der Waals surface area (Å²) < 4.78 is 1.75. The molecule has 1 aromatic heterocycles. The first-order valence-electron chi connectivity index (χ1n) is 5.74. The van der Waals surface area contributed by atoms with Crippen LogP contribution in [0, 0.1) is 0 Å². The molecule has 19 heavy (non-hydrogen) atoms. The van der Waals surface area contributed by atoms with E-state index in [9.17, 15) is 9.59 Å². The summed E-state index contributed by atoms with van der Waals surface area (Å²) >= 11 is 5.88. The number of fused-ring (bicyclic) bond motifs is 1. The van der Waals surface area contributed by atoms with Crippen LogP contribution in [-0.2, 0) is 16.1 Å². The van der Waals surface area contributed by atoms with Crippen LogP contribution in [0.15, 0.2) is 30.5 Å². The van der Waals surface area contributed by atoms with Crippen molar-refractivity contribution in [3.8, 4) is 0 Å². The monoisotopic (exact) mass is 280 g/mol. The zero-order valence-electron chi connectivity index (χ0n) is 10.3. The summed E-state index contributed by atoms with van der Waals surface area (Å²) in [6.45, 7) is 1.50. The molecule has 1 heterocycles. The normalized spacial score (nSPS) is 12.3. The zero-order chi connectivity index (χ0) is 14.0. The van der Waals surface area contributed by atoms with Gasteiger partial charge < -0.3 is 15.0 Å². The third-order valence-electron chi connectivity index (χ3n) is 2.79. The molecule has 2 aromatic rings. The molecular formula is C13H13ClN2O3. The number of rotatable bonds is 4. The number of carboxylic acid groups (broad SMARTS) is 1. The number of carbonyl (C=O) groups is 2. The number of hydrogen-bond donors (Lipinski definition) is 2. The fourth-order valence-corrected chi connectivity index (χ4v) is 1.99. The first-order valence-corrected chi connectivity index (χ1v) is 6.12. The van der Waals surface area contributed by atoms with Gasteiger partial charge in [0.2, 0.25) is 5.91 Å². The summed E-state index contributed by atoms with van der Waals surface area (Å²) in [7, 11) is 0. The number of aliphatic carboxylic acids is 1. The van der Waals surface area contributed by atoms with E-state index >= 15 is 0 Å². The maximum Gasteiger partial charge on any atom is 0.325 e. The van der Waals surface area contributed by atoms with Gasteiger partial charge >= 0.3 is 5.97 Å². The number of carboxylic acids is 1. The number of aromatic nitrogens is 1. The topological polar surface area (TPSA) is 71.3 Å². The summed E-state index contributed by atoms with van der Waals surface area (Å²) in [5.41, 5.74) is 0.877. The first kappa shape index (κ1) is 13.4. The highest BCUT2D eigenvalue weighted by atomic mass is 35.5. The van der Waals surface area contributed by atoms with Crippen molar-refractivity contribution in [2.24, 2.45) is 0 Å². The standard InChI is InChI=1S/C13H13ClN2O3/c1-8(13(18)19)15-12(17)7-16-5-4-9-6-10(14)2-3-11(9)16/h2-6,8H,7H2,1H3,(H,15,17)(H,18,19)/t8-/m0/s1. The van der Waals surface area contributed by atoms with Gasteiger partial charge in [0, 0.05) is 22.1 Å². The highest BCUT2D eigenvalue weighted by Gasteiger charge is 2.14. The molecule has 0 aliphatic carbocycles. The van der Waals surface area contributed by atoms with Gasteiger partial charge in [-0.2, -0.15) is 0 Å². The molecule has 5 nitrogen and oxygen atoms in total. The molecule has 2 N–H and O–H groups in total. The molecule has 0 radical (unpaired) electrons. The molecule has 1 atom stereocenters. The van der Waals surface area contributed by atoms with Crippen LogP contribution in [0.1, 0.15) is 6.92 Å². The van der Waals surface area contributed by atoms with Gasteiger partial charge in [-0.05, 0) is 31.2 Å². The van der Waals surface area contributed by atoms with Crippen molar-refractivity contribution in [2.45, 2.75) is 19.5 Å². The second-order valence-corrected chi connectivity index (χ2v) is 4.71. The molecular weight excluding hydrogens is 268 g/mol. The Hall–Kier alpha value is -2.01. The minimum Gasteiger partial charge on any atom is -0.480 e. The number of nitrogens with zero attached hydrogens (tertiary/aromatic N) is 1. The summed E-state index contributed by atoms with van der Waals surface area (Å²) in [4.78, 5) is 22.4. The SMILES string of the molecule is C[C@H](NC(=O)Cn1ccc2cc(Cl)ccc21)C(=O)O. The van der Waals surface area contributed by atoms with E-state index in [0.29, 0.717) is 5.02 Å². The Morgan fingerprint density at radius 2 is 2.16 bits per heavy atom. The van der Waals surface area contributed by atoms with E-state index in [-0.39, 0.29) is 12.5 Å². The van der Waals surface area contributed by atoms with Crippen molar-refractivity contribution in [1.29, 1.82) is 0 Å². The molecule has 2 rings (SSSR count). The molecule has 1 aromatic carbocycles. The Morgan fingerprint density at radius 3 is 2.84 bits per heavy atom. The van der Waals surface area contributed by atoms with Gasteiger partial charge in [-0.1, -0.05) is 11.6 Å². The lowest BCUT2D eigenvalue weighted by molar-refractivity contribution is -0.141. The van der Waals surface area contributed by atoms with Crippen molar-refractivity contribution in [2.75, 3.05) is 0 Å². The predicted molar refractivity (Wildman–Crippen MR) is 72.2 cm³/mol. The minimum atomic E-state index is -1.06. The summed E-state index contributed by atoms with van der Waals surface area (Å²) in [6.07, 6.45) is 1.77. The number of hydrogen-bond acceptors (Lipinski definition) is 2. The molecule has 0 aliphatic heterocycles. The molecule has 0 aliphatic rings. The van der Waals surface area contributed by atoms with Crippen molar-refractivity contribution in [3.05, 3.63) is 35.5 Å². The number of nitrogens with one attached hydrogen (secondary N) is 1. The van der Waals surface area contributed by atoms with Gasteiger partial charge in [0.05, 0.1) is 0 Å². The highest BCUT2D eigenvalue weighted by Crippen LogP contribution is 2.20. The van der Waals surface area contributed by atoms with Crippen molar-refractivity contribution >= 4 is 34.4 Å². The van der Waals surface area contributed by atoms with E-state index in [2.05, 4.69) is 5.32 Å². The Bertz CT molecular complexity index is 636. The Morgan fingerprint density at radius 1 is 1.42 bits per heavy atom. The number of benzene rings is 1. The first-order chi connectivity index (χ1) is 8.97. The van der Waals surface area contributed by atoms with Gasteiger partial charge in [-0.15, -0.1) is 0 Å². The molecule has 0 saturated heterocycles. The fraction of sp³-hybridized carbons (Fsp3) is 0.231.